The van der Waals surface area contributed by atoms with Crippen LogP contribution >= 0.6 is 11.3 Å². The summed E-state index contributed by atoms with van der Waals surface area (Å²) >= 11 is 1.64. The topological polar surface area (TPSA) is 67.4 Å². The van der Waals surface area contributed by atoms with Crippen LogP contribution in [0.15, 0.2) is 41.8 Å². The van der Waals surface area contributed by atoms with E-state index in [4.69, 9.17) is 4.74 Å². The number of halogens is 1. The summed E-state index contributed by atoms with van der Waals surface area (Å²) in [6.45, 7) is 1.62. The zero-order valence-corrected chi connectivity index (χ0v) is 14.4. The number of benzene rings is 1. The number of carbonyl (C=O) groups is 2. The average molecular weight is 362 g/mol. The van der Waals surface area contributed by atoms with Crippen molar-refractivity contribution in [3.63, 3.8) is 0 Å². The fraction of sp³-hybridized carbons (Fsp3) is 0.333. The minimum atomic E-state index is -0.806. The predicted molar refractivity (Wildman–Crippen MR) is 94.1 cm³/mol. The van der Waals surface area contributed by atoms with E-state index in [1.807, 2.05) is 11.4 Å². The second kappa shape index (κ2) is 7.76. The molecular formula is C18H19FN2O3S. The monoisotopic (exact) mass is 362 g/mol. The van der Waals surface area contributed by atoms with Gasteiger partial charge in [-0.2, -0.15) is 0 Å². The molecule has 132 valence electrons. The number of hydrogen-bond donors (Lipinski definition) is 2. The van der Waals surface area contributed by atoms with Crippen molar-refractivity contribution in [2.75, 3.05) is 25.1 Å². The van der Waals surface area contributed by atoms with Gasteiger partial charge in [-0.3, -0.25) is 9.59 Å². The Morgan fingerprint density at radius 2 is 1.96 bits per heavy atom. The molecule has 1 aliphatic heterocycles. The van der Waals surface area contributed by atoms with E-state index in [9.17, 15) is 14.0 Å². The van der Waals surface area contributed by atoms with E-state index >= 15 is 0 Å². The molecule has 2 amide bonds. The van der Waals surface area contributed by atoms with Crippen LogP contribution in [0.1, 0.15) is 17.7 Å². The first-order valence-electron chi connectivity index (χ1n) is 8.06. The maximum absolute atomic E-state index is 13.2. The minimum absolute atomic E-state index is 0.207. The minimum Gasteiger partial charge on any atom is -0.381 e. The van der Waals surface area contributed by atoms with Crippen molar-refractivity contribution in [3.8, 4) is 0 Å². The second-order valence-corrected chi connectivity index (χ2v) is 6.96. The average Bonchev–Trinajstić information content (AvgIpc) is 3.16. The zero-order valence-electron chi connectivity index (χ0n) is 13.6. The third-order valence-electron chi connectivity index (χ3n) is 4.37. The SMILES string of the molecule is O=C(NCC1(c2cccs2)CCOCC1)C(=O)Nc1cccc(F)c1. The van der Waals surface area contributed by atoms with Crippen molar-refractivity contribution in [1.29, 1.82) is 0 Å². The normalized spacial score (nSPS) is 16.2. The number of rotatable bonds is 4. The Bertz CT molecular complexity index is 743. The van der Waals surface area contributed by atoms with E-state index in [1.165, 1.54) is 23.1 Å². The highest BCUT2D eigenvalue weighted by molar-refractivity contribution is 7.10. The lowest BCUT2D eigenvalue weighted by Gasteiger charge is -2.36. The van der Waals surface area contributed by atoms with Gasteiger partial charge < -0.3 is 15.4 Å². The van der Waals surface area contributed by atoms with Gasteiger partial charge in [-0.15, -0.1) is 11.3 Å². The number of nitrogens with one attached hydrogen (secondary N) is 2. The molecule has 1 saturated heterocycles. The van der Waals surface area contributed by atoms with Crippen LogP contribution in [0.4, 0.5) is 10.1 Å². The van der Waals surface area contributed by atoms with Gasteiger partial charge in [0.15, 0.2) is 0 Å². The fourth-order valence-electron chi connectivity index (χ4n) is 2.94. The molecule has 3 rings (SSSR count). The molecule has 1 fully saturated rings. The van der Waals surface area contributed by atoms with Crippen molar-refractivity contribution < 1.29 is 18.7 Å². The summed E-state index contributed by atoms with van der Waals surface area (Å²) < 4.78 is 18.6. The van der Waals surface area contributed by atoms with Crippen LogP contribution in [0.5, 0.6) is 0 Å². The number of anilines is 1. The van der Waals surface area contributed by atoms with E-state index in [2.05, 4.69) is 16.7 Å². The van der Waals surface area contributed by atoms with Gasteiger partial charge in [-0.25, -0.2) is 4.39 Å². The maximum Gasteiger partial charge on any atom is 0.313 e. The van der Waals surface area contributed by atoms with Crippen LogP contribution in [0.2, 0.25) is 0 Å². The van der Waals surface area contributed by atoms with Crippen LogP contribution in [0, 0.1) is 5.82 Å². The smallest absolute Gasteiger partial charge is 0.313 e. The molecule has 2 aromatic rings. The van der Waals surface area contributed by atoms with E-state index in [0.717, 1.165) is 18.9 Å². The van der Waals surface area contributed by atoms with Gasteiger partial charge in [0, 0.05) is 35.7 Å². The quantitative estimate of drug-likeness (QED) is 0.822. The molecule has 25 heavy (non-hydrogen) atoms. The Morgan fingerprint density at radius 3 is 2.64 bits per heavy atom. The highest BCUT2D eigenvalue weighted by Crippen LogP contribution is 2.36. The van der Waals surface area contributed by atoms with Crippen molar-refractivity contribution in [2.45, 2.75) is 18.3 Å². The summed E-state index contributed by atoms with van der Waals surface area (Å²) in [6, 6.07) is 9.46. The van der Waals surface area contributed by atoms with Gasteiger partial charge in [-0.1, -0.05) is 12.1 Å². The molecule has 1 aliphatic rings. The molecule has 0 unspecified atom stereocenters. The summed E-state index contributed by atoms with van der Waals surface area (Å²) in [5.74, 6) is -2.01. The van der Waals surface area contributed by atoms with E-state index < -0.39 is 17.6 Å². The lowest BCUT2D eigenvalue weighted by molar-refractivity contribution is -0.136. The fourth-order valence-corrected chi connectivity index (χ4v) is 3.92. The summed E-state index contributed by atoms with van der Waals surface area (Å²) in [7, 11) is 0. The van der Waals surface area contributed by atoms with Crippen LogP contribution in [0.3, 0.4) is 0 Å². The number of carbonyl (C=O) groups excluding carboxylic acids is 2. The van der Waals surface area contributed by atoms with E-state index in [-0.39, 0.29) is 11.1 Å². The van der Waals surface area contributed by atoms with Crippen LogP contribution in [-0.2, 0) is 19.7 Å². The Kier molecular flexibility index (Phi) is 5.45. The molecule has 5 nitrogen and oxygen atoms in total. The highest BCUT2D eigenvalue weighted by atomic mass is 32.1. The first-order valence-corrected chi connectivity index (χ1v) is 8.93. The highest BCUT2D eigenvalue weighted by Gasteiger charge is 2.36. The van der Waals surface area contributed by atoms with Gasteiger partial charge in [-0.05, 0) is 42.5 Å². The van der Waals surface area contributed by atoms with Gasteiger partial charge in [0.25, 0.3) is 0 Å². The molecule has 2 heterocycles. The second-order valence-electron chi connectivity index (χ2n) is 6.02. The van der Waals surface area contributed by atoms with Crippen molar-refractivity contribution in [1.82, 2.24) is 5.32 Å². The molecule has 0 bridgehead atoms. The lowest BCUT2D eigenvalue weighted by Crippen LogP contribution is -2.46. The number of hydrogen-bond acceptors (Lipinski definition) is 4. The van der Waals surface area contributed by atoms with E-state index in [1.54, 1.807) is 11.3 Å². The summed E-state index contributed by atoms with van der Waals surface area (Å²) in [6.07, 6.45) is 1.58. The molecule has 7 heteroatoms. The Morgan fingerprint density at radius 1 is 1.16 bits per heavy atom. The van der Waals surface area contributed by atoms with Gasteiger partial charge in [0.2, 0.25) is 0 Å². The standard InChI is InChI=1S/C18H19FN2O3S/c19-13-3-1-4-14(11-13)21-17(23)16(22)20-12-18(6-8-24-9-7-18)15-5-2-10-25-15/h1-5,10-11H,6-9,12H2,(H,20,22)(H,21,23). The maximum atomic E-state index is 13.2. The van der Waals surface area contributed by atoms with Gasteiger partial charge in [0.05, 0.1) is 0 Å². The van der Waals surface area contributed by atoms with Crippen LogP contribution < -0.4 is 10.6 Å². The molecule has 2 N–H and O–H groups in total. The van der Waals surface area contributed by atoms with Crippen molar-refractivity contribution >= 4 is 28.8 Å². The molecule has 0 saturated carbocycles. The van der Waals surface area contributed by atoms with Gasteiger partial charge in [0.1, 0.15) is 5.82 Å². The lowest BCUT2D eigenvalue weighted by atomic mass is 9.78. The summed E-state index contributed by atoms with van der Waals surface area (Å²) in [5.41, 5.74) is 0.0421. The predicted octanol–water partition coefficient (Wildman–Crippen LogP) is 2.69. The van der Waals surface area contributed by atoms with Crippen molar-refractivity contribution in [2.24, 2.45) is 0 Å². The third kappa shape index (κ3) is 4.24. The third-order valence-corrected chi connectivity index (χ3v) is 5.49. The molecule has 1 aromatic heterocycles. The van der Waals surface area contributed by atoms with E-state index in [0.29, 0.717) is 19.8 Å². The Labute approximate surface area is 149 Å². The van der Waals surface area contributed by atoms with Crippen LogP contribution in [0.25, 0.3) is 0 Å². The van der Waals surface area contributed by atoms with Crippen molar-refractivity contribution in [3.05, 3.63) is 52.5 Å². The number of amides is 2. The molecular weight excluding hydrogens is 343 g/mol. The summed E-state index contributed by atoms with van der Waals surface area (Å²) in [4.78, 5) is 25.3. The largest absolute Gasteiger partial charge is 0.381 e. The molecule has 0 atom stereocenters. The first kappa shape index (κ1) is 17.6. The zero-order chi connectivity index (χ0) is 17.7. The van der Waals surface area contributed by atoms with Gasteiger partial charge >= 0.3 is 11.8 Å². The molecule has 0 spiro atoms. The first-order chi connectivity index (χ1) is 12.1. The molecule has 0 aliphatic carbocycles. The Hall–Kier alpha value is -2.25. The molecule has 0 radical (unpaired) electrons. The van der Waals surface area contributed by atoms with Crippen LogP contribution in [-0.4, -0.2) is 31.6 Å². The molecule has 1 aromatic carbocycles. The number of ether oxygens (including phenoxy) is 1. The Balaban J connectivity index is 1.62. The summed E-state index contributed by atoms with van der Waals surface area (Å²) in [5, 5.41) is 7.13. The number of thiophene rings is 1.